The van der Waals surface area contributed by atoms with E-state index < -0.39 is 22.8 Å². The molecule has 0 aromatic heterocycles. The molecule has 0 saturated heterocycles. The molecule has 0 aliphatic heterocycles. The van der Waals surface area contributed by atoms with Crippen LogP contribution in [0, 0.1) is 10.8 Å². The van der Waals surface area contributed by atoms with Crippen LogP contribution in [0.5, 0.6) is 11.5 Å². The maximum Gasteiger partial charge on any atom is 0.316 e. The summed E-state index contributed by atoms with van der Waals surface area (Å²) in [6, 6.07) is 11.9. The second kappa shape index (κ2) is 12.2. The molecule has 0 heterocycles. The molecule has 0 aliphatic rings. The molecule has 7 nitrogen and oxygen atoms in total. The van der Waals surface area contributed by atoms with Crippen LogP contribution in [0.2, 0.25) is 5.02 Å². The third kappa shape index (κ3) is 9.34. The lowest BCUT2D eigenvalue weighted by molar-refractivity contribution is -0.145. The first-order valence-electron chi connectivity index (χ1n) is 11.6. The fraction of sp³-hybridized carbons (Fsp3) is 0.444. The monoisotopic (exact) mass is 502 g/mol. The average molecular weight is 503 g/mol. The molecular formula is C27H35ClN2O5. The lowest BCUT2D eigenvalue weighted by Crippen LogP contribution is -2.32. The predicted octanol–water partition coefficient (Wildman–Crippen LogP) is 4.81. The average Bonchev–Trinajstić information content (AvgIpc) is 2.76. The zero-order valence-corrected chi connectivity index (χ0v) is 22.0. The summed E-state index contributed by atoms with van der Waals surface area (Å²) >= 11 is 5.84. The zero-order valence-electron chi connectivity index (χ0n) is 21.3. The van der Waals surface area contributed by atoms with Crippen LogP contribution in [0.25, 0.3) is 0 Å². The lowest BCUT2D eigenvalue weighted by atomic mass is 9.97. The third-order valence-electron chi connectivity index (χ3n) is 4.92. The fourth-order valence-corrected chi connectivity index (χ4v) is 2.83. The molecule has 0 aliphatic carbocycles. The molecule has 2 aromatic rings. The first kappa shape index (κ1) is 28.3. The number of nitrogens with one attached hydrogen (secondary N) is 2. The van der Waals surface area contributed by atoms with E-state index in [1.807, 2.05) is 6.07 Å². The number of esters is 2. The first-order chi connectivity index (χ1) is 16.3. The van der Waals surface area contributed by atoms with E-state index in [2.05, 4.69) is 10.6 Å². The molecule has 2 N–H and O–H groups in total. The largest absolute Gasteiger partial charge is 0.422 e. The molecule has 35 heavy (non-hydrogen) atoms. The van der Waals surface area contributed by atoms with Crippen molar-refractivity contribution in [2.75, 3.05) is 19.6 Å². The van der Waals surface area contributed by atoms with E-state index in [-0.39, 0.29) is 17.4 Å². The summed E-state index contributed by atoms with van der Waals surface area (Å²) in [5, 5.41) is 6.70. The number of halogens is 1. The number of carbonyl (C=O) groups is 3. The number of carbonyl (C=O) groups excluding carboxylic acids is 3. The molecule has 0 atom stereocenters. The van der Waals surface area contributed by atoms with Crippen molar-refractivity contribution in [3.05, 3.63) is 58.6 Å². The molecule has 190 valence electrons. The number of rotatable bonds is 9. The van der Waals surface area contributed by atoms with Gasteiger partial charge in [0.15, 0.2) is 11.5 Å². The Balaban J connectivity index is 1.93. The van der Waals surface area contributed by atoms with E-state index in [9.17, 15) is 14.4 Å². The molecule has 1 amide bonds. The van der Waals surface area contributed by atoms with E-state index in [0.29, 0.717) is 36.6 Å². The van der Waals surface area contributed by atoms with Gasteiger partial charge >= 0.3 is 11.9 Å². The summed E-state index contributed by atoms with van der Waals surface area (Å²) in [6.45, 7) is 12.3. The van der Waals surface area contributed by atoms with Gasteiger partial charge in [-0.1, -0.05) is 17.7 Å². The van der Waals surface area contributed by atoms with Crippen molar-refractivity contribution in [1.29, 1.82) is 0 Å². The topological polar surface area (TPSA) is 93.7 Å². The van der Waals surface area contributed by atoms with Crippen LogP contribution in [0.4, 0.5) is 0 Å². The highest BCUT2D eigenvalue weighted by atomic mass is 35.5. The van der Waals surface area contributed by atoms with Crippen molar-refractivity contribution < 1.29 is 23.9 Å². The van der Waals surface area contributed by atoms with Gasteiger partial charge in [-0.3, -0.25) is 14.4 Å². The summed E-state index contributed by atoms with van der Waals surface area (Å²) in [7, 11) is 0. The fourth-order valence-electron chi connectivity index (χ4n) is 2.70. The maximum atomic E-state index is 12.5. The van der Waals surface area contributed by atoms with Crippen LogP contribution in [-0.4, -0.2) is 37.5 Å². The van der Waals surface area contributed by atoms with Crippen molar-refractivity contribution in [3.8, 4) is 11.5 Å². The highest BCUT2D eigenvalue weighted by molar-refractivity contribution is 6.30. The van der Waals surface area contributed by atoms with Crippen LogP contribution < -0.4 is 20.1 Å². The molecular weight excluding hydrogens is 468 g/mol. The molecule has 0 radical (unpaired) electrons. The maximum absolute atomic E-state index is 12.5. The van der Waals surface area contributed by atoms with Crippen molar-refractivity contribution >= 4 is 29.4 Å². The molecule has 0 unspecified atom stereocenters. The van der Waals surface area contributed by atoms with Crippen LogP contribution in [0.15, 0.2) is 42.5 Å². The van der Waals surface area contributed by atoms with Crippen molar-refractivity contribution in [1.82, 2.24) is 10.6 Å². The standard InChI is InChI=1S/C27H35ClN2O5/c1-26(2,3)24(32)34-21-12-7-18(17-22(21)35-25(33)27(4,5)6)13-14-29-15-16-30-23(31)19-8-10-20(28)11-9-19/h7-12,17,29H,13-16H2,1-6H3,(H,30,31). The minimum Gasteiger partial charge on any atom is -0.422 e. The molecule has 0 fully saturated rings. The van der Waals surface area contributed by atoms with E-state index in [4.69, 9.17) is 21.1 Å². The molecule has 2 rings (SSSR count). The Morgan fingerprint density at radius 3 is 1.91 bits per heavy atom. The molecule has 2 aromatic carbocycles. The number of hydrogen-bond acceptors (Lipinski definition) is 6. The Hall–Kier alpha value is -2.90. The molecule has 0 spiro atoms. The van der Waals surface area contributed by atoms with E-state index in [0.717, 1.165) is 5.56 Å². The van der Waals surface area contributed by atoms with Crippen LogP contribution in [0.3, 0.4) is 0 Å². The van der Waals surface area contributed by atoms with Gasteiger partial charge in [-0.2, -0.15) is 0 Å². The van der Waals surface area contributed by atoms with Gasteiger partial charge in [-0.15, -0.1) is 0 Å². The second-order valence-corrected chi connectivity index (χ2v) is 10.8. The van der Waals surface area contributed by atoms with E-state index in [1.54, 1.807) is 77.9 Å². The minimum absolute atomic E-state index is 0.158. The van der Waals surface area contributed by atoms with Crippen molar-refractivity contribution in [3.63, 3.8) is 0 Å². The highest BCUT2D eigenvalue weighted by Crippen LogP contribution is 2.32. The number of hydrogen-bond donors (Lipinski definition) is 2. The zero-order chi connectivity index (χ0) is 26.2. The molecule has 8 heteroatoms. The summed E-state index contributed by atoms with van der Waals surface area (Å²) in [4.78, 5) is 37.0. The van der Waals surface area contributed by atoms with Gasteiger partial charge in [-0.05, 0) is 96.5 Å². The lowest BCUT2D eigenvalue weighted by Gasteiger charge is -2.21. The van der Waals surface area contributed by atoms with Crippen LogP contribution >= 0.6 is 11.6 Å². The van der Waals surface area contributed by atoms with Crippen LogP contribution in [-0.2, 0) is 16.0 Å². The van der Waals surface area contributed by atoms with Gasteiger partial charge in [0.25, 0.3) is 5.91 Å². The Morgan fingerprint density at radius 2 is 1.34 bits per heavy atom. The first-order valence-corrected chi connectivity index (χ1v) is 12.0. The van der Waals surface area contributed by atoms with Gasteiger partial charge in [0.2, 0.25) is 0 Å². The van der Waals surface area contributed by atoms with Gasteiger partial charge in [-0.25, -0.2) is 0 Å². The number of benzene rings is 2. The highest BCUT2D eigenvalue weighted by Gasteiger charge is 2.28. The third-order valence-corrected chi connectivity index (χ3v) is 5.17. The Labute approximate surface area is 212 Å². The molecule has 0 saturated carbocycles. The smallest absolute Gasteiger partial charge is 0.316 e. The Morgan fingerprint density at radius 1 is 0.771 bits per heavy atom. The van der Waals surface area contributed by atoms with Gasteiger partial charge in [0.1, 0.15) is 0 Å². The second-order valence-electron chi connectivity index (χ2n) is 10.3. The van der Waals surface area contributed by atoms with Gasteiger partial charge in [0.05, 0.1) is 10.8 Å². The van der Waals surface area contributed by atoms with E-state index >= 15 is 0 Å². The summed E-state index contributed by atoms with van der Waals surface area (Å²) < 4.78 is 11.1. The molecule has 0 bridgehead atoms. The summed E-state index contributed by atoms with van der Waals surface area (Å²) in [6.07, 6.45) is 0.651. The van der Waals surface area contributed by atoms with Crippen molar-refractivity contribution in [2.45, 2.75) is 48.0 Å². The summed E-state index contributed by atoms with van der Waals surface area (Å²) in [5.74, 6) is -0.563. The van der Waals surface area contributed by atoms with Gasteiger partial charge < -0.3 is 20.1 Å². The van der Waals surface area contributed by atoms with Gasteiger partial charge in [0, 0.05) is 23.7 Å². The predicted molar refractivity (Wildman–Crippen MR) is 137 cm³/mol. The van der Waals surface area contributed by atoms with E-state index in [1.165, 1.54) is 0 Å². The number of ether oxygens (including phenoxy) is 2. The SMILES string of the molecule is CC(C)(C)C(=O)Oc1ccc(CCNCCNC(=O)c2ccc(Cl)cc2)cc1OC(=O)C(C)(C)C. The van der Waals surface area contributed by atoms with Crippen LogP contribution in [0.1, 0.15) is 57.5 Å². The Bertz CT molecular complexity index is 1040. The van der Waals surface area contributed by atoms with Crippen molar-refractivity contribution in [2.24, 2.45) is 10.8 Å². The number of amides is 1. The Kier molecular flexibility index (Phi) is 9.86. The minimum atomic E-state index is -0.709. The normalized spacial score (nSPS) is 11.6. The quantitative estimate of drug-likeness (QED) is 0.290. The summed E-state index contributed by atoms with van der Waals surface area (Å²) in [5.41, 5.74) is 0.0601.